The van der Waals surface area contributed by atoms with Crippen molar-refractivity contribution in [1.82, 2.24) is 5.32 Å². The summed E-state index contributed by atoms with van der Waals surface area (Å²) in [4.78, 5) is 37.1. The predicted molar refractivity (Wildman–Crippen MR) is 90.8 cm³/mol. The van der Waals surface area contributed by atoms with Gasteiger partial charge < -0.3 is 5.32 Å². The van der Waals surface area contributed by atoms with E-state index >= 15 is 0 Å². The summed E-state index contributed by atoms with van der Waals surface area (Å²) in [5.41, 5.74) is 1.13. The maximum absolute atomic E-state index is 12.5. The molecule has 1 amide bonds. The largest absolute Gasteiger partial charge is 0.352 e. The molecule has 0 unspecified atom stereocenters. The van der Waals surface area contributed by atoms with E-state index in [2.05, 4.69) is 5.32 Å². The molecule has 0 aliphatic carbocycles. The predicted octanol–water partition coefficient (Wildman–Crippen LogP) is 2.90. The molecule has 0 aliphatic heterocycles. The van der Waals surface area contributed by atoms with Gasteiger partial charge in [0.25, 0.3) is 0 Å². The zero-order chi connectivity index (χ0) is 17.7. The van der Waals surface area contributed by atoms with Gasteiger partial charge in [0, 0.05) is 23.9 Å². The number of amides is 1. The molecule has 0 saturated heterocycles. The van der Waals surface area contributed by atoms with E-state index in [4.69, 9.17) is 0 Å². The first-order chi connectivity index (χ1) is 11.4. The van der Waals surface area contributed by atoms with Gasteiger partial charge in [-0.05, 0) is 24.6 Å². The third-order valence-electron chi connectivity index (χ3n) is 3.42. The molecule has 1 atom stereocenters. The van der Waals surface area contributed by atoms with E-state index in [1.807, 2.05) is 13.0 Å². The molecule has 2 rings (SSSR count). The number of rotatable bonds is 6. The van der Waals surface area contributed by atoms with E-state index in [0.29, 0.717) is 17.0 Å². The zero-order valence-electron chi connectivity index (χ0n) is 13.3. The molecule has 0 spiro atoms. The Kier molecular flexibility index (Phi) is 5.61. The Morgan fingerprint density at radius 1 is 1.12 bits per heavy atom. The minimum absolute atomic E-state index is 0.142. The van der Waals surface area contributed by atoms with Crippen molar-refractivity contribution in [3.63, 3.8) is 0 Å². The highest BCUT2D eigenvalue weighted by Gasteiger charge is 2.29. The van der Waals surface area contributed by atoms with Crippen LogP contribution in [0.2, 0.25) is 0 Å². The van der Waals surface area contributed by atoms with Gasteiger partial charge in [-0.3, -0.25) is 14.4 Å². The number of aryl methyl sites for hydroxylation is 1. The van der Waals surface area contributed by atoms with Crippen molar-refractivity contribution in [1.29, 1.82) is 5.26 Å². The fraction of sp³-hybridized carbons (Fsp3) is 0.222. The number of nitrogens with one attached hydrogen (secondary N) is 1. The maximum atomic E-state index is 12.5. The SMILES string of the molecule is CC(=O)NCc1ccc(C(=O)[C@H](C#N)C(=O)c2ccc(C)s2)cc1. The Labute approximate surface area is 143 Å². The number of carbonyl (C=O) groups excluding carboxylic acids is 3. The van der Waals surface area contributed by atoms with E-state index in [9.17, 15) is 19.6 Å². The standard InChI is InChI=1S/C18H16N2O3S/c1-11-3-8-16(24-11)18(23)15(9-19)17(22)14-6-4-13(5-7-14)10-20-12(2)21/h3-8,15H,10H2,1-2H3,(H,20,21)/t15-/m0/s1. The third kappa shape index (κ3) is 4.15. The zero-order valence-corrected chi connectivity index (χ0v) is 14.1. The number of Topliss-reactive ketones (excluding diaryl/α,β-unsaturated/α-hetero) is 2. The van der Waals surface area contributed by atoms with Gasteiger partial charge >= 0.3 is 0 Å². The van der Waals surface area contributed by atoms with Crippen LogP contribution in [-0.4, -0.2) is 17.5 Å². The van der Waals surface area contributed by atoms with Crippen LogP contribution < -0.4 is 5.32 Å². The summed E-state index contributed by atoms with van der Waals surface area (Å²) in [7, 11) is 0. The molecule has 1 aromatic carbocycles. The van der Waals surface area contributed by atoms with Crippen LogP contribution in [0, 0.1) is 24.2 Å². The average molecular weight is 340 g/mol. The molecule has 0 fully saturated rings. The van der Waals surface area contributed by atoms with E-state index in [-0.39, 0.29) is 5.91 Å². The Balaban J connectivity index is 2.15. The van der Waals surface area contributed by atoms with Crippen LogP contribution in [0.4, 0.5) is 0 Å². The number of hydrogen-bond acceptors (Lipinski definition) is 5. The van der Waals surface area contributed by atoms with Crippen LogP contribution in [0.3, 0.4) is 0 Å². The van der Waals surface area contributed by atoms with Gasteiger partial charge in [0.2, 0.25) is 5.91 Å². The Morgan fingerprint density at radius 2 is 1.79 bits per heavy atom. The van der Waals surface area contributed by atoms with Crippen LogP contribution >= 0.6 is 11.3 Å². The van der Waals surface area contributed by atoms with Crippen molar-refractivity contribution in [2.45, 2.75) is 20.4 Å². The minimum Gasteiger partial charge on any atom is -0.352 e. The van der Waals surface area contributed by atoms with E-state index in [1.165, 1.54) is 18.3 Å². The van der Waals surface area contributed by atoms with Crippen LogP contribution in [0.15, 0.2) is 36.4 Å². The van der Waals surface area contributed by atoms with Gasteiger partial charge in [0.05, 0.1) is 10.9 Å². The molecule has 1 aromatic heterocycles. The topological polar surface area (TPSA) is 87.0 Å². The number of benzene rings is 1. The normalized spacial score (nSPS) is 11.4. The summed E-state index contributed by atoms with van der Waals surface area (Å²) in [6.45, 7) is 3.64. The van der Waals surface area contributed by atoms with E-state index < -0.39 is 17.5 Å². The van der Waals surface area contributed by atoms with Crippen LogP contribution in [0.25, 0.3) is 0 Å². The highest BCUT2D eigenvalue weighted by atomic mass is 32.1. The molecule has 5 nitrogen and oxygen atoms in total. The lowest BCUT2D eigenvalue weighted by molar-refractivity contribution is -0.119. The maximum Gasteiger partial charge on any atom is 0.217 e. The summed E-state index contributed by atoms with van der Waals surface area (Å²) in [6.07, 6.45) is 0. The van der Waals surface area contributed by atoms with Gasteiger partial charge in [0.15, 0.2) is 17.5 Å². The summed E-state index contributed by atoms with van der Waals surface area (Å²) >= 11 is 1.27. The molecule has 2 aromatic rings. The van der Waals surface area contributed by atoms with Gasteiger partial charge in [-0.15, -0.1) is 11.3 Å². The second-order valence-electron chi connectivity index (χ2n) is 5.31. The van der Waals surface area contributed by atoms with Crippen molar-refractivity contribution < 1.29 is 14.4 Å². The van der Waals surface area contributed by atoms with Crippen LogP contribution in [0.1, 0.15) is 37.4 Å². The quantitative estimate of drug-likeness (QED) is 0.647. The number of thiophene rings is 1. The molecule has 1 heterocycles. The first-order valence-electron chi connectivity index (χ1n) is 7.30. The second kappa shape index (κ2) is 7.66. The third-order valence-corrected chi connectivity index (χ3v) is 4.43. The van der Waals surface area contributed by atoms with Crippen molar-refractivity contribution in [2.24, 2.45) is 5.92 Å². The van der Waals surface area contributed by atoms with Crippen LogP contribution in [0.5, 0.6) is 0 Å². The molecule has 6 heteroatoms. The molecule has 0 bridgehead atoms. The summed E-state index contributed by atoms with van der Waals surface area (Å²) in [5.74, 6) is -2.47. The molecule has 0 radical (unpaired) electrons. The van der Waals surface area contributed by atoms with Gasteiger partial charge in [-0.25, -0.2) is 0 Å². The van der Waals surface area contributed by atoms with Gasteiger partial charge in [-0.2, -0.15) is 5.26 Å². The Morgan fingerprint density at radius 3 is 2.29 bits per heavy atom. The lowest BCUT2D eigenvalue weighted by Gasteiger charge is -2.08. The number of ketones is 2. The molecule has 1 N–H and O–H groups in total. The first kappa shape index (κ1) is 17.6. The molecular formula is C18H16N2O3S. The van der Waals surface area contributed by atoms with E-state index in [0.717, 1.165) is 10.4 Å². The fourth-order valence-corrected chi connectivity index (χ4v) is 2.96. The van der Waals surface area contributed by atoms with Crippen molar-refractivity contribution >= 4 is 28.8 Å². The summed E-state index contributed by atoms with van der Waals surface area (Å²) < 4.78 is 0. The highest BCUT2D eigenvalue weighted by molar-refractivity contribution is 7.14. The minimum atomic E-state index is -1.34. The molecule has 122 valence electrons. The van der Waals surface area contributed by atoms with Crippen LogP contribution in [-0.2, 0) is 11.3 Å². The number of hydrogen-bond donors (Lipinski definition) is 1. The molecule has 24 heavy (non-hydrogen) atoms. The van der Waals surface area contributed by atoms with Gasteiger partial charge in [-0.1, -0.05) is 24.3 Å². The molecule has 0 saturated carbocycles. The van der Waals surface area contributed by atoms with Crippen molar-refractivity contribution in [3.8, 4) is 6.07 Å². The number of carbonyl (C=O) groups is 3. The number of nitrogens with zero attached hydrogens (tertiary/aromatic N) is 1. The molecule has 0 aliphatic rings. The second-order valence-corrected chi connectivity index (χ2v) is 6.60. The number of nitriles is 1. The Bertz CT molecular complexity index is 816. The lowest BCUT2D eigenvalue weighted by atomic mass is 9.93. The first-order valence-corrected chi connectivity index (χ1v) is 8.12. The fourth-order valence-electron chi connectivity index (χ4n) is 2.13. The Hall–Kier alpha value is -2.78. The summed E-state index contributed by atoms with van der Waals surface area (Å²) in [5, 5.41) is 11.9. The highest BCUT2D eigenvalue weighted by Crippen LogP contribution is 2.21. The monoisotopic (exact) mass is 340 g/mol. The average Bonchev–Trinajstić information content (AvgIpc) is 3.00. The smallest absolute Gasteiger partial charge is 0.217 e. The summed E-state index contributed by atoms with van der Waals surface area (Å²) in [6, 6.07) is 11.8. The molecular weight excluding hydrogens is 324 g/mol. The lowest BCUT2D eigenvalue weighted by Crippen LogP contribution is -2.22. The van der Waals surface area contributed by atoms with E-state index in [1.54, 1.807) is 36.4 Å². The van der Waals surface area contributed by atoms with Gasteiger partial charge in [0.1, 0.15) is 0 Å². The van der Waals surface area contributed by atoms with Crippen molar-refractivity contribution in [2.75, 3.05) is 0 Å². The van der Waals surface area contributed by atoms with Crippen molar-refractivity contribution in [3.05, 3.63) is 57.3 Å².